The van der Waals surface area contributed by atoms with Gasteiger partial charge in [0, 0.05) is 13.0 Å². The largest absolute Gasteiger partial charge is 0.461 e. The summed E-state index contributed by atoms with van der Waals surface area (Å²) >= 11 is 0. The molecule has 1 rings (SSSR count). The zero-order valence-corrected chi connectivity index (χ0v) is 15.9. The summed E-state index contributed by atoms with van der Waals surface area (Å²) in [7, 11) is 0. The molecule has 26 heavy (non-hydrogen) atoms. The van der Waals surface area contributed by atoms with Gasteiger partial charge in [-0.3, -0.25) is 9.59 Å². The molecule has 7 nitrogen and oxygen atoms in total. The first-order chi connectivity index (χ1) is 12.5. The monoisotopic (exact) mass is 369 g/mol. The Hall–Kier alpha value is -1.89. The zero-order valence-electron chi connectivity index (χ0n) is 15.9. The summed E-state index contributed by atoms with van der Waals surface area (Å²) in [6.07, 6.45) is 7.79. The number of esters is 2. The molecule has 1 heterocycles. The van der Waals surface area contributed by atoms with E-state index in [9.17, 15) is 14.4 Å². The van der Waals surface area contributed by atoms with Crippen LogP contribution >= 0.6 is 0 Å². The number of rotatable bonds is 14. The van der Waals surface area contributed by atoms with Crippen LogP contribution in [-0.2, 0) is 28.6 Å². The molecular weight excluding hydrogens is 338 g/mol. The molecule has 1 aliphatic heterocycles. The molecule has 148 valence electrons. The lowest BCUT2D eigenvalue weighted by atomic mass is 9.92. The fourth-order valence-electron chi connectivity index (χ4n) is 2.48. The molecule has 0 aliphatic carbocycles. The predicted octanol–water partition coefficient (Wildman–Crippen LogP) is 2.14. The third-order valence-electron chi connectivity index (χ3n) is 4.32. The maximum Gasteiger partial charge on any atom is 0.328 e. The number of cyclic esters (lactones) is 1. The lowest BCUT2D eigenvalue weighted by Gasteiger charge is -2.35. The highest BCUT2D eigenvalue weighted by molar-refractivity contribution is 5.78. The number of allylic oxidation sites excluding steroid dienone is 1. The van der Waals surface area contributed by atoms with Gasteiger partial charge >= 0.3 is 11.9 Å². The van der Waals surface area contributed by atoms with E-state index in [0.717, 1.165) is 25.9 Å². The van der Waals surface area contributed by atoms with Crippen LogP contribution in [0.15, 0.2) is 12.2 Å². The van der Waals surface area contributed by atoms with Crippen molar-refractivity contribution in [1.29, 1.82) is 0 Å². The van der Waals surface area contributed by atoms with Gasteiger partial charge in [0.25, 0.3) is 0 Å². The third kappa shape index (κ3) is 7.99. The Labute approximate surface area is 155 Å². The molecule has 1 N–H and O–H groups in total. The van der Waals surface area contributed by atoms with Crippen molar-refractivity contribution in [1.82, 2.24) is 5.32 Å². The maximum atomic E-state index is 12.0. The van der Waals surface area contributed by atoms with Gasteiger partial charge in [0.1, 0.15) is 18.2 Å². The van der Waals surface area contributed by atoms with Crippen molar-refractivity contribution < 1.29 is 28.6 Å². The molecule has 0 aromatic carbocycles. The SMILES string of the molecule is CCCCOC/C=C/CCC(CC1OC(=O)C1C)OC(=O)[C@H](C)NC=O. The highest BCUT2D eigenvalue weighted by Gasteiger charge is 2.40. The van der Waals surface area contributed by atoms with Crippen LogP contribution < -0.4 is 5.32 Å². The van der Waals surface area contributed by atoms with Crippen molar-refractivity contribution in [3.05, 3.63) is 12.2 Å². The van der Waals surface area contributed by atoms with E-state index in [-0.39, 0.29) is 24.1 Å². The number of hydrogen-bond acceptors (Lipinski definition) is 6. The molecule has 1 amide bonds. The molecule has 0 radical (unpaired) electrons. The first-order valence-electron chi connectivity index (χ1n) is 9.33. The summed E-state index contributed by atoms with van der Waals surface area (Å²) in [5.41, 5.74) is 0. The van der Waals surface area contributed by atoms with E-state index >= 15 is 0 Å². The van der Waals surface area contributed by atoms with Gasteiger partial charge in [-0.05, 0) is 33.1 Å². The van der Waals surface area contributed by atoms with Crippen LogP contribution in [0.5, 0.6) is 0 Å². The Bertz CT molecular complexity index is 479. The number of carbonyl (C=O) groups is 3. The van der Waals surface area contributed by atoms with E-state index in [1.807, 2.05) is 12.2 Å². The van der Waals surface area contributed by atoms with Gasteiger partial charge < -0.3 is 19.5 Å². The standard InChI is InChI=1S/C19H31NO6/c1-4-5-10-24-11-8-6-7-9-16(12-17-14(2)18(22)26-17)25-19(23)15(3)20-13-21/h6,8,13-17H,4-5,7,9-12H2,1-3H3,(H,20,21)/b8-6+/t14?,15-,16?,17?/m0/s1. The number of amides is 1. The third-order valence-corrected chi connectivity index (χ3v) is 4.32. The lowest BCUT2D eigenvalue weighted by molar-refractivity contribution is -0.187. The molecule has 4 atom stereocenters. The zero-order chi connectivity index (χ0) is 19.4. The van der Waals surface area contributed by atoms with Crippen molar-refractivity contribution in [2.75, 3.05) is 13.2 Å². The van der Waals surface area contributed by atoms with E-state index in [4.69, 9.17) is 14.2 Å². The van der Waals surface area contributed by atoms with E-state index in [0.29, 0.717) is 25.9 Å². The van der Waals surface area contributed by atoms with Crippen LogP contribution in [-0.4, -0.2) is 49.8 Å². The van der Waals surface area contributed by atoms with Gasteiger partial charge in [-0.2, -0.15) is 0 Å². The Morgan fingerprint density at radius 3 is 2.77 bits per heavy atom. The number of carbonyl (C=O) groups excluding carboxylic acids is 3. The second-order valence-corrected chi connectivity index (χ2v) is 6.54. The number of ether oxygens (including phenoxy) is 3. The normalized spacial score (nSPS) is 21.6. The summed E-state index contributed by atoms with van der Waals surface area (Å²) in [6, 6.07) is -0.709. The van der Waals surface area contributed by atoms with E-state index in [1.54, 1.807) is 13.8 Å². The topological polar surface area (TPSA) is 90.9 Å². The van der Waals surface area contributed by atoms with E-state index < -0.39 is 12.0 Å². The lowest BCUT2D eigenvalue weighted by Crippen LogP contribution is -2.46. The average Bonchev–Trinajstić information content (AvgIpc) is 2.63. The van der Waals surface area contributed by atoms with E-state index in [2.05, 4.69) is 12.2 Å². The molecule has 1 fully saturated rings. The maximum absolute atomic E-state index is 12.0. The van der Waals surface area contributed by atoms with Gasteiger partial charge in [0.15, 0.2) is 0 Å². The number of unbranched alkanes of at least 4 members (excludes halogenated alkanes) is 1. The quantitative estimate of drug-likeness (QED) is 0.218. The van der Waals surface area contributed by atoms with Gasteiger partial charge in [-0.25, -0.2) is 4.79 Å². The predicted molar refractivity (Wildman–Crippen MR) is 96.3 cm³/mol. The van der Waals surface area contributed by atoms with Crippen LogP contribution in [0.1, 0.15) is 52.9 Å². The highest BCUT2D eigenvalue weighted by Crippen LogP contribution is 2.27. The van der Waals surface area contributed by atoms with Crippen LogP contribution in [0.2, 0.25) is 0 Å². The van der Waals surface area contributed by atoms with Crippen molar-refractivity contribution in [2.45, 2.75) is 71.1 Å². The second kappa shape index (κ2) is 12.5. The molecule has 0 spiro atoms. The van der Waals surface area contributed by atoms with Crippen LogP contribution in [0, 0.1) is 5.92 Å². The molecule has 0 saturated carbocycles. The summed E-state index contributed by atoms with van der Waals surface area (Å²) in [5.74, 6) is -0.892. The Kier molecular flexibility index (Phi) is 10.6. The number of hydrogen-bond donors (Lipinski definition) is 1. The Morgan fingerprint density at radius 2 is 2.15 bits per heavy atom. The molecule has 0 bridgehead atoms. The molecule has 0 aromatic rings. The summed E-state index contributed by atoms with van der Waals surface area (Å²) < 4.78 is 16.1. The summed E-state index contributed by atoms with van der Waals surface area (Å²) in [6.45, 7) is 6.81. The van der Waals surface area contributed by atoms with Gasteiger partial charge in [-0.1, -0.05) is 25.5 Å². The molecule has 0 aromatic heterocycles. The van der Waals surface area contributed by atoms with Gasteiger partial charge in [0.2, 0.25) is 6.41 Å². The van der Waals surface area contributed by atoms with Crippen molar-refractivity contribution in [3.8, 4) is 0 Å². The molecule has 7 heteroatoms. The van der Waals surface area contributed by atoms with Gasteiger partial charge in [0.05, 0.1) is 12.5 Å². The molecule has 1 aliphatic rings. The van der Waals surface area contributed by atoms with Gasteiger partial charge in [-0.15, -0.1) is 0 Å². The highest BCUT2D eigenvalue weighted by atomic mass is 16.6. The summed E-state index contributed by atoms with van der Waals surface area (Å²) in [4.78, 5) is 33.7. The van der Waals surface area contributed by atoms with Crippen molar-refractivity contribution >= 4 is 18.3 Å². The molecule has 3 unspecified atom stereocenters. The minimum Gasteiger partial charge on any atom is -0.461 e. The average molecular weight is 369 g/mol. The fraction of sp³-hybridized carbons (Fsp3) is 0.737. The minimum atomic E-state index is -0.709. The van der Waals surface area contributed by atoms with Crippen LogP contribution in [0.3, 0.4) is 0 Å². The second-order valence-electron chi connectivity index (χ2n) is 6.54. The van der Waals surface area contributed by atoms with Crippen molar-refractivity contribution in [3.63, 3.8) is 0 Å². The Morgan fingerprint density at radius 1 is 1.38 bits per heavy atom. The minimum absolute atomic E-state index is 0.177. The van der Waals surface area contributed by atoms with Crippen LogP contribution in [0.4, 0.5) is 0 Å². The molecular formula is C19H31NO6. The first-order valence-corrected chi connectivity index (χ1v) is 9.33. The Balaban J connectivity index is 2.41. The fourth-order valence-corrected chi connectivity index (χ4v) is 2.48. The van der Waals surface area contributed by atoms with E-state index in [1.165, 1.54) is 0 Å². The number of nitrogens with one attached hydrogen (secondary N) is 1. The van der Waals surface area contributed by atoms with Crippen molar-refractivity contribution in [2.24, 2.45) is 5.92 Å². The summed E-state index contributed by atoms with van der Waals surface area (Å²) in [5, 5.41) is 2.38. The van der Waals surface area contributed by atoms with Crippen LogP contribution in [0.25, 0.3) is 0 Å². The smallest absolute Gasteiger partial charge is 0.328 e. The molecule has 1 saturated heterocycles. The first kappa shape index (κ1) is 22.2.